The van der Waals surface area contributed by atoms with E-state index < -0.39 is 12.0 Å². The van der Waals surface area contributed by atoms with E-state index in [-0.39, 0.29) is 31.1 Å². The second-order valence-electron chi connectivity index (χ2n) is 5.82. The van der Waals surface area contributed by atoms with Crippen molar-refractivity contribution in [1.82, 2.24) is 29.4 Å². The maximum Gasteiger partial charge on any atom is 0.451 e. The monoisotopic (exact) mass is 350 g/mol. The van der Waals surface area contributed by atoms with E-state index >= 15 is 0 Å². The van der Waals surface area contributed by atoms with Crippen LogP contribution < -0.4 is 5.56 Å². The summed E-state index contributed by atoms with van der Waals surface area (Å²) in [5, 5.41) is 12.3. The van der Waals surface area contributed by atoms with E-state index in [0.29, 0.717) is 11.9 Å². The number of rotatable bonds is 2. The summed E-state index contributed by atoms with van der Waals surface area (Å²) in [4.78, 5) is 14.3. The Labute approximate surface area is 139 Å². The molecule has 0 saturated heterocycles. The predicted molar refractivity (Wildman–Crippen MR) is 81.4 cm³/mol. The summed E-state index contributed by atoms with van der Waals surface area (Å²) in [5.74, 6) is -0.754. The Morgan fingerprint density at radius 3 is 2.72 bits per heavy atom. The molecule has 7 nitrogen and oxygen atoms in total. The number of nitrogens with zero attached hydrogens (tertiary/aromatic N) is 6. The molecular formula is C15H13F3N6O. The maximum absolute atomic E-state index is 12.9. The first-order chi connectivity index (χ1) is 11.9. The number of alkyl halides is 3. The summed E-state index contributed by atoms with van der Waals surface area (Å²) in [5.41, 5.74) is -0.235. The van der Waals surface area contributed by atoms with Gasteiger partial charge in [-0.15, -0.1) is 10.2 Å². The van der Waals surface area contributed by atoms with E-state index in [4.69, 9.17) is 0 Å². The van der Waals surface area contributed by atoms with Crippen molar-refractivity contribution in [3.8, 4) is 0 Å². The van der Waals surface area contributed by atoms with E-state index in [1.807, 2.05) is 11.0 Å². The van der Waals surface area contributed by atoms with Gasteiger partial charge in [-0.25, -0.2) is 4.68 Å². The smallest absolute Gasteiger partial charge is 0.305 e. The van der Waals surface area contributed by atoms with Gasteiger partial charge in [0, 0.05) is 18.5 Å². The molecule has 0 fully saturated rings. The SMILES string of the molecule is O=c1c2ccccc2cnn1CN1CCn2c(nnc2C(F)(F)F)C1. The van der Waals surface area contributed by atoms with Crippen molar-refractivity contribution in [3.05, 3.63) is 52.5 Å². The number of fused-ring (bicyclic) bond motifs is 2. The average Bonchev–Trinajstić information content (AvgIpc) is 3.01. The highest BCUT2D eigenvalue weighted by Gasteiger charge is 2.39. The van der Waals surface area contributed by atoms with Gasteiger partial charge in [-0.05, 0) is 6.07 Å². The zero-order chi connectivity index (χ0) is 17.6. The molecule has 1 aliphatic heterocycles. The summed E-state index contributed by atoms with van der Waals surface area (Å²) < 4.78 is 41.0. The molecule has 130 valence electrons. The molecule has 4 rings (SSSR count). The van der Waals surface area contributed by atoms with Crippen molar-refractivity contribution in [2.24, 2.45) is 0 Å². The highest BCUT2D eigenvalue weighted by molar-refractivity contribution is 5.80. The number of hydrogen-bond acceptors (Lipinski definition) is 5. The Balaban J connectivity index is 1.59. The molecule has 0 N–H and O–H groups in total. The van der Waals surface area contributed by atoms with Gasteiger partial charge in [0.25, 0.3) is 5.56 Å². The highest BCUT2D eigenvalue weighted by atomic mass is 19.4. The molecule has 0 unspecified atom stereocenters. The van der Waals surface area contributed by atoms with Gasteiger partial charge in [-0.2, -0.15) is 18.3 Å². The lowest BCUT2D eigenvalue weighted by molar-refractivity contribution is -0.148. The molecule has 0 radical (unpaired) electrons. The summed E-state index contributed by atoms with van der Waals surface area (Å²) in [6.45, 7) is 0.802. The molecule has 2 aromatic heterocycles. The molecule has 1 aliphatic rings. The van der Waals surface area contributed by atoms with E-state index in [2.05, 4.69) is 15.3 Å². The molecule has 0 spiro atoms. The quantitative estimate of drug-likeness (QED) is 0.700. The maximum atomic E-state index is 12.9. The van der Waals surface area contributed by atoms with Crippen LogP contribution in [0.5, 0.6) is 0 Å². The summed E-state index contributed by atoms with van der Waals surface area (Å²) in [7, 11) is 0. The van der Waals surface area contributed by atoms with Gasteiger partial charge in [0.05, 0.1) is 24.8 Å². The molecule has 25 heavy (non-hydrogen) atoms. The van der Waals surface area contributed by atoms with Crippen molar-refractivity contribution in [2.75, 3.05) is 6.54 Å². The van der Waals surface area contributed by atoms with Crippen LogP contribution in [-0.4, -0.2) is 36.0 Å². The Hall–Kier alpha value is -2.75. The zero-order valence-electron chi connectivity index (χ0n) is 12.9. The molecule has 0 atom stereocenters. The van der Waals surface area contributed by atoms with Crippen molar-refractivity contribution in [1.29, 1.82) is 0 Å². The van der Waals surface area contributed by atoms with Crippen molar-refractivity contribution in [3.63, 3.8) is 0 Å². The van der Waals surface area contributed by atoms with Gasteiger partial charge >= 0.3 is 6.18 Å². The number of halogens is 3. The van der Waals surface area contributed by atoms with Gasteiger partial charge in [0.1, 0.15) is 5.82 Å². The van der Waals surface area contributed by atoms with E-state index in [9.17, 15) is 18.0 Å². The molecule has 10 heteroatoms. The van der Waals surface area contributed by atoms with Crippen LogP contribution in [0.2, 0.25) is 0 Å². The third-order valence-electron chi connectivity index (χ3n) is 4.18. The summed E-state index contributed by atoms with van der Waals surface area (Å²) >= 11 is 0. The minimum atomic E-state index is -4.52. The molecular weight excluding hydrogens is 337 g/mol. The van der Waals surface area contributed by atoms with Crippen molar-refractivity contribution in [2.45, 2.75) is 25.9 Å². The van der Waals surface area contributed by atoms with Crippen LogP contribution >= 0.6 is 0 Å². The molecule has 3 aromatic rings. The largest absolute Gasteiger partial charge is 0.451 e. The van der Waals surface area contributed by atoms with E-state index in [1.54, 1.807) is 24.4 Å². The fourth-order valence-corrected chi connectivity index (χ4v) is 2.96. The lowest BCUT2D eigenvalue weighted by atomic mass is 10.2. The minimum absolute atomic E-state index is 0.111. The third-order valence-corrected chi connectivity index (χ3v) is 4.18. The second kappa shape index (κ2) is 5.66. The molecule has 0 saturated carbocycles. The predicted octanol–water partition coefficient (Wildman–Crippen LogP) is 1.48. The minimum Gasteiger partial charge on any atom is -0.305 e. The molecule has 1 aromatic carbocycles. The van der Waals surface area contributed by atoms with Crippen molar-refractivity contribution < 1.29 is 13.2 Å². The first-order valence-corrected chi connectivity index (χ1v) is 7.60. The summed E-state index contributed by atoms with van der Waals surface area (Å²) in [6, 6.07) is 7.12. The van der Waals surface area contributed by atoms with Crippen LogP contribution in [0.15, 0.2) is 35.3 Å². The van der Waals surface area contributed by atoms with Crippen LogP contribution in [0, 0.1) is 0 Å². The van der Waals surface area contributed by atoms with Gasteiger partial charge in [-0.1, -0.05) is 18.2 Å². The fraction of sp³-hybridized carbons (Fsp3) is 0.333. The van der Waals surface area contributed by atoms with Crippen LogP contribution in [0.1, 0.15) is 11.6 Å². The molecule has 0 bridgehead atoms. The van der Waals surface area contributed by atoms with E-state index in [1.165, 1.54) is 4.68 Å². The first-order valence-electron chi connectivity index (χ1n) is 7.60. The Kier molecular flexibility index (Phi) is 3.57. The Morgan fingerprint density at radius 1 is 1.12 bits per heavy atom. The van der Waals surface area contributed by atoms with Crippen LogP contribution in [-0.2, 0) is 25.9 Å². The van der Waals surface area contributed by atoms with Crippen LogP contribution in [0.4, 0.5) is 13.2 Å². The Bertz CT molecular complexity index is 993. The van der Waals surface area contributed by atoms with Gasteiger partial charge in [0.15, 0.2) is 0 Å². The molecule has 0 amide bonds. The number of benzene rings is 1. The highest BCUT2D eigenvalue weighted by Crippen LogP contribution is 2.29. The Morgan fingerprint density at radius 2 is 1.92 bits per heavy atom. The van der Waals surface area contributed by atoms with Crippen LogP contribution in [0.25, 0.3) is 10.8 Å². The average molecular weight is 350 g/mol. The standard InChI is InChI=1S/C15H13F3N6O/c16-15(17,18)14-21-20-12-8-22(5-6-23(12)14)9-24-13(25)11-4-2-1-3-10(11)7-19-24/h1-4,7H,5-6,8-9H2. The second-order valence-corrected chi connectivity index (χ2v) is 5.82. The lowest BCUT2D eigenvalue weighted by Crippen LogP contribution is -2.39. The van der Waals surface area contributed by atoms with Gasteiger partial charge < -0.3 is 4.57 Å². The number of hydrogen-bond donors (Lipinski definition) is 0. The van der Waals surface area contributed by atoms with Gasteiger partial charge in [0.2, 0.25) is 5.82 Å². The molecule has 0 aliphatic carbocycles. The summed E-state index contributed by atoms with van der Waals surface area (Å²) in [6.07, 6.45) is -2.92. The van der Waals surface area contributed by atoms with Crippen LogP contribution in [0.3, 0.4) is 0 Å². The van der Waals surface area contributed by atoms with Crippen molar-refractivity contribution >= 4 is 10.8 Å². The molecule has 3 heterocycles. The van der Waals surface area contributed by atoms with Gasteiger partial charge in [-0.3, -0.25) is 9.69 Å². The zero-order valence-corrected chi connectivity index (χ0v) is 12.9. The van der Waals surface area contributed by atoms with E-state index in [0.717, 1.165) is 9.95 Å². The fourth-order valence-electron chi connectivity index (χ4n) is 2.96. The first kappa shape index (κ1) is 15.8. The topological polar surface area (TPSA) is 68.8 Å². The lowest BCUT2D eigenvalue weighted by Gasteiger charge is -2.27. The normalized spacial score (nSPS) is 15.5. The number of aromatic nitrogens is 5. The third kappa shape index (κ3) is 2.78.